The Morgan fingerprint density at radius 2 is 1.75 bits per heavy atom. The number of ether oxygens (including phenoxy) is 4. The second-order valence-electron chi connectivity index (χ2n) is 6.17. The van der Waals surface area contributed by atoms with Gasteiger partial charge in [0, 0.05) is 23.1 Å². The first-order valence-corrected chi connectivity index (χ1v) is 9.84. The lowest BCUT2D eigenvalue weighted by Crippen LogP contribution is -2.21. The first-order chi connectivity index (χ1) is 13.5. The second kappa shape index (κ2) is 8.97. The molecule has 1 aromatic carbocycles. The zero-order valence-electron chi connectivity index (χ0n) is 16.1. The van der Waals surface area contributed by atoms with Crippen LogP contribution in [0.5, 0.6) is 17.2 Å². The van der Waals surface area contributed by atoms with Gasteiger partial charge in [-0.25, -0.2) is 4.79 Å². The minimum absolute atomic E-state index is 0.207. The van der Waals surface area contributed by atoms with Crippen molar-refractivity contribution in [2.24, 2.45) is 0 Å². The summed E-state index contributed by atoms with van der Waals surface area (Å²) in [6.07, 6.45) is 2.76. The third kappa shape index (κ3) is 4.39. The first kappa shape index (κ1) is 20.0. The summed E-state index contributed by atoms with van der Waals surface area (Å²) in [5.74, 6) is 0.830. The number of aryl methyl sites for hydroxylation is 1. The van der Waals surface area contributed by atoms with Crippen LogP contribution in [-0.4, -0.2) is 39.3 Å². The monoisotopic (exact) mass is 405 g/mol. The molecule has 28 heavy (non-hydrogen) atoms. The van der Waals surface area contributed by atoms with E-state index in [4.69, 9.17) is 18.9 Å². The summed E-state index contributed by atoms with van der Waals surface area (Å²) in [5, 5.41) is 3.33. The van der Waals surface area contributed by atoms with E-state index < -0.39 is 5.97 Å². The van der Waals surface area contributed by atoms with Crippen LogP contribution in [0, 0.1) is 0 Å². The predicted molar refractivity (Wildman–Crippen MR) is 106 cm³/mol. The molecule has 0 atom stereocenters. The highest BCUT2D eigenvalue weighted by molar-refractivity contribution is 7.17. The Morgan fingerprint density at radius 3 is 2.39 bits per heavy atom. The Morgan fingerprint density at radius 1 is 1.07 bits per heavy atom. The van der Waals surface area contributed by atoms with Crippen molar-refractivity contribution in [3.05, 3.63) is 34.2 Å². The highest BCUT2D eigenvalue weighted by Gasteiger charge is 2.28. The van der Waals surface area contributed by atoms with Crippen LogP contribution < -0.4 is 19.5 Å². The van der Waals surface area contributed by atoms with Crippen LogP contribution in [0.15, 0.2) is 18.2 Å². The van der Waals surface area contributed by atoms with E-state index in [9.17, 15) is 9.59 Å². The lowest BCUT2D eigenvalue weighted by molar-refractivity contribution is -0.118. The molecule has 0 saturated heterocycles. The van der Waals surface area contributed by atoms with Gasteiger partial charge in [0.1, 0.15) is 22.2 Å². The van der Waals surface area contributed by atoms with Gasteiger partial charge in [0.15, 0.2) is 6.61 Å². The summed E-state index contributed by atoms with van der Waals surface area (Å²) in [4.78, 5) is 25.9. The number of esters is 1. The zero-order chi connectivity index (χ0) is 20.1. The van der Waals surface area contributed by atoms with Crippen molar-refractivity contribution in [1.29, 1.82) is 0 Å². The summed E-state index contributed by atoms with van der Waals surface area (Å²) < 4.78 is 21.1. The number of nitrogens with one attached hydrogen (secondary N) is 1. The topological polar surface area (TPSA) is 83.1 Å². The van der Waals surface area contributed by atoms with Crippen LogP contribution in [-0.2, 0) is 22.4 Å². The van der Waals surface area contributed by atoms with Crippen LogP contribution in [0.3, 0.4) is 0 Å². The number of thiophene rings is 1. The smallest absolute Gasteiger partial charge is 0.341 e. The van der Waals surface area contributed by atoms with Gasteiger partial charge in [0.2, 0.25) is 0 Å². The van der Waals surface area contributed by atoms with Crippen LogP contribution in [0.2, 0.25) is 0 Å². The van der Waals surface area contributed by atoms with Crippen molar-refractivity contribution < 1.29 is 28.5 Å². The van der Waals surface area contributed by atoms with E-state index in [1.807, 2.05) is 0 Å². The van der Waals surface area contributed by atoms with Gasteiger partial charge in [-0.15, -0.1) is 11.3 Å². The molecule has 0 bridgehead atoms. The first-order valence-electron chi connectivity index (χ1n) is 9.03. The zero-order valence-corrected chi connectivity index (χ0v) is 16.9. The molecular weight excluding hydrogens is 382 g/mol. The Hall–Kier alpha value is -2.74. The summed E-state index contributed by atoms with van der Waals surface area (Å²) in [5.41, 5.74) is 1.48. The Labute approximate surface area is 167 Å². The van der Waals surface area contributed by atoms with Gasteiger partial charge in [0.05, 0.1) is 26.4 Å². The van der Waals surface area contributed by atoms with Crippen LogP contribution in [0.25, 0.3) is 0 Å². The number of hydrogen-bond donors (Lipinski definition) is 1. The maximum atomic E-state index is 12.4. The van der Waals surface area contributed by atoms with Crippen molar-refractivity contribution in [1.82, 2.24) is 0 Å². The fourth-order valence-corrected chi connectivity index (χ4v) is 4.38. The van der Waals surface area contributed by atoms with Crippen LogP contribution in [0.1, 0.15) is 34.1 Å². The van der Waals surface area contributed by atoms with Crippen molar-refractivity contribution in [3.63, 3.8) is 0 Å². The van der Waals surface area contributed by atoms with Gasteiger partial charge in [-0.3, -0.25) is 4.79 Å². The minimum Gasteiger partial charge on any atom is -0.496 e. The summed E-state index contributed by atoms with van der Waals surface area (Å²) in [6, 6.07) is 5.05. The molecule has 7 nitrogen and oxygen atoms in total. The number of benzene rings is 1. The fraction of sp³-hybridized carbons (Fsp3) is 0.400. The molecule has 0 spiro atoms. The number of fused-ring (bicyclic) bond motifs is 1. The number of rotatable bonds is 8. The standard InChI is InChI=1S/C20H23NO6S/c1-4-26-20(23)18-15-6-5-7-16(15)28-19(18)21-17(22)11-27-14-9-12(24-2)8-13(10-14)25-3/h8-10H,4-7,11H2,1-3H3,(H,21,22). The maximum absolute atomic E-state index is 12.4. The third-order valence-corrected chi connectivity index (χ3v) is 5.56. The molecule has 1 aliphatic rings. The Kier molecular flexibility index (Phi) is 6.41. The van der Waals surface area contributed by atoms with Gasteiger partial charge in [-0.05, 0) is 31.7 Å². The molecule has 1 heterocycles. The normalized spacial score (nSPS) is 12.2. The molecule has 0 radical (unpaired) electrons. The van der Waals surface area contributed by atoms with E-state index in [0.29, 0.717) is 27.8 Å². The number of hydrogen-bond acceptors (Lipinski definition) is 7. The van der Waals surface area contributed by atoms with Gasteiger partial charge >= 0.3 is 5.97 Å². The highest BCUT2D eigenvalue weighted by atomic mass is 32.1. The molecule has 1 aromatic heterocycles. The molecule has 8 heteroatoms. The lowest BCUT2D eigenvalue weighted by atomic mass is 10.1. The SMILES string of the molecule is CCOC(=O)c1c(NC(=O)COc2cc(OC)cc(OC)c2)sc2c1CCC2. The summed E-state index contributed by atoms with van der Waals surface area (Å²) in [6.45, 7) is 1.85. The molecule has 3 rings (SSSR count). The lowest BCUT2D eigenvalue weighted by Gasteiger charge is -2.11. The van der Waals surface area contributed by atoms with E-state index in [2.05, 4.69) is 5.32 Å². The molecule has 150 valence electrons. The van der Waals surface area contributed by atoms with Crippen LogP contribution in [0.4, 0.5) is 5.00 Å². The van der Waals surface area contributed by atoms with E-state index in [0.717, 1.165) is 29.7 Å². The van der Waals surface area contributed by atoms with E-state index >= 15 is 0 Å². The highest BCUT2D eigenvalue weighted by Crippen LogP contribution is 2.39. The van der Waals surface area contributed by atoms with Crippen LogP contribution >= 0.6 is 11.3 Å². The Bertz CT molecular complexity index is 854. The quantitative estimate of drug-likeness (QED) is 0.678. The largest absolute Gasteiger partial charge is 0.496 e. The van der Waals surface area contributed by atoms with Crippen molar-refractivity contribution in [3.8, 4) is 17.2 Å². The number of carbonyl (C=O) groups is 2. The van der Waals surface area contributed by atoms with Crippen molar-refractivity contribution in [2.75, 3.05) is 32.8 Å². The summed E-state index contributed by atoms with van der Waals surface area (Å²) in [7, 11) is 3.08. The molecule has 1 aliphatic carbocycles. The Balaban J connectivity index is 1.70. The maximum Gasteiger partial charge on any atom is 0.341 e. The molecule has 0 saturated carbocycles. The van der Waals surface area contributed by atoms with Gasteiger partial charge in [0.25, 0.3) is 5.91 Å². The molecule has 0 aliphatic heterocycles. The van der Waals surface area contributed by atoms with E-state index in [-0.39, 0.29) is 19.1 Å². The molecule has 1 N–H and O–H groups in total. The minimum atomic E-state index is -0.393. The molecule has 2 aromatic rings. The number of methoxy groups -OCH3 is 2. The summed E-state index contributed by atoms with van der Waals surface area (Å²) >= 11 is 1.44. The number of amides is 1. The molecule has 0 unspecified atom stereocenters. The van der Waals surface area contributed by atoms with E-state index in [1.165, 1.54) is 25.6 Å². The van der Waals surface area contributed by atoms with Crippen molar-refractivity contribution in [2.45, 2.75) is 26.2 Å². The van der Waals surface area contributed by atoms with Crippen molar-refractivity contribution >= 4 is 28.2 Å². The predicted octanol–water partition coefficient (Wildman–Crippen LogP) is 3.45. The fourth-order valence-electron chi connectivity index (χ4n) is 3.09. The molecule has 0 fully saturated rings. The van der Waals surface area contributed by atoms with Gasteiger partial charge < -0.3 is 24.3 Å². The molecular formula is C20H23NO6S. The second-order valence-corrected chi connectivity index (χ2v) is 7.27. The third-order valence-electron chi connectivity index (χ3n) is 4.35. The number of anilines is 1. The molecule has 1 amide bonds. The number of carbonyl (C=O) groups excluding carboxylic acids is 2. The average Bonchev–Trinajstić information content (AvgIpc) is 3.26. The van der Waals surface area contributed by atoms with E-state index in [1.54, 1.807) is 25.1 Å². The average molecular weight is 405 g/mol. The van der Waals surface area contributed by atoms with Gasteiger partial charge in [-0.1, -0.05) is 0 Å². The van der Waals surface area contributed by atoms with Gasteiger partial charge in [-0.2, -0.15) is 0 Å².